The van der Waals surface area contributed by atoms with Gasteiger partial charge in [-0.2, -0.15) is 0 Å². The SMILES string of the molecule is C#C[C@@H](CC(C)C)NC(=O)O. The summed E-state index contributed by atoms with van der Waals surface area (Å²) in [6.45, 7) is 3.99. The van der Waals surface area contributed by atoms with Crippen molar-refractivity contribution >= 4 is 6.09 Å². The zero-order valence-corrected chi connectivity index (χ0v) is 6.79. The van der Waals surface area contributed by atoms with Gasteiger partial charge in [0.15, 0.2) is 0 Å². The first-order chi connectivity index (χ1) is 5.06. The molecular weight excluding hydrogens is 142 g/mol. The van der Waals surface area contributed by atoms with Gasteiger partial charge in [0, 0.05) is 0 Å². The van der Waals surface area contributed by atoms with Crippen LogP contribution in [0.3, 0.4) is 0 Å². The van der Waals surface area contributed by atoms with Gasteiger partial charge in [-0.25, -0.2) is 4.79 Å². The fourth-order valence-electron chi connectivity index (χ4n) is 0.789. The minimum atomic E-state index is -1.06. The van der Waals surface area contributed by atoms with E-state index in [9.17, 15) is 4.79 Å². The second kappa shape index (κ2) is 4.62. The Bertz CT molecular complexity index is 169. The maximum absolute atomic E-state index is 10.1. The molecule has 0 aromatic heterocycles. The Hall–Kier alpha value is -1.17. The summed E-state index contributed by atoms with van der Waals surface area (Å²) in [6, 6.07) is -0.354. The van der Waals surface area contributed by atoms with Gasteiger partial charge in [-0.3, -0.25) is 0 Å². The normalized spacial score (nSPS) is 12.2. The summed E-state index contributed by atoms with van der Waals surface area (Å²) >= 11 is 0. The molecule has 11 heavy (non-hydrogen) atoms. The molecule has 1 atom stereocenters. The van der Waals surface area contributed by atoms with Gasteiger partial charge in [-0.05, 0) is 12.3 Å². The zero-order valence-electron chi connectivity index (χ0n) is 6.79. The maximum Gasteiger partial charge on any atom is 0.405 e. The van der Waals surface area contributed by atoms with E-state index >= 15 is 0 Å². The van der Waals surface area contributed by atoms with Crippen molar-refractivity contribution < 1.29 is 9.90 Å². The van der Waals surface area contributed by atoms with E-state index in [4.69, 9.17) is 11.5 Å². The van der Waals surface area contributed by atoms with Crippen molar-refractivity contribution in [2.45, 2.75) is 26.3 Å². The Labute approximate surface area is 66.8 Å². The molecule has 0 aliphatic carbocycles. The molecule has 0 unspecified atom stereocenters. The molecule has 0 radical (unpaired) electrons. The molecule has 1 amide bonds. The largest absolute Gasteiger partial charge is 0.465 e. The second-order valence-electron chi connectivity index (χ2n) is 2.80. The van der Waals surface area contributed by atoms with Crippen molar-refractivity contribution in [3.8, 4) is 12.3 Å². The summed E-state index contributed by atoms with van der Waals surface area (Å²) in [5.74, 6) is 2.78. The van der Waals surface area contributed by atoms with E-state index in [2.05, 4.69) is 11.2 Å². The van der Waals surface area contributed by atoms with Crippen molar-refractivity contribution in [3.63, 3.8) is 0 Å². The summed E-state index contributed by atoms with van der Waals surface area (Å²) < 4.78 is 0. The predicted octanol–water partition coefficient (Wildman–Crippen LogP) is 1.30. The Morgan fingerprint density at radius 1 is 1.73 bits per heavy atom. The van der Waals surface area contributed by atoms with Crippen molar-refractivity contribution in [3.05, 3.63) is 0 Å². The van der Waals surface area contributed by atoms with Crippen LogP contribution in [0.15, 0.2) is 0 Å². The van der Waals surface area contributed by atoms with Crippen molar-refractivity contribution in [2.75, 3.05) is 0 Å². The van der Waals surface area contributed by atoms with Crippen molar-refractivity contribution in [1.29, 1.82) is 0 Å². The summed E-state index contributed by atoms with van der Waals surface area (Å²) in [7, 11) is 0. The van der Waals surface area contributed by atoms with Crippen LogP contribution in [0.4, 0.5) is 4.79 Å². The second-order valence-corrected chi connectivity index (χ2v) is 2.80. The van der Waals surface area contributed by atoms with E-state index in [1.807, 2.05) is 13.8 Å². The Morgan fingerprint density at radius 2 is 2.27 bits per heavy atom. The van der Waals surface area contributed by atoms with Gasteiger partial charge in [0.25, 0.3) is 0 Å². The van der Waals surface area contributed by atoms with E-state index in [-0.39, 0.29) is 6.04 Å². The summed E-state index contributed by atoms with van der Waals surface area (Å²) in [4.78, 5) is 10.1. The van der Waals surface area contributed by atoms with Crippen LogP contribution >= 0.6 is 0 Å². The molecule has 2 N–H and O–H groups in total. The molecule has 0 aromatic rings. The molecule has 0 heterocycles. The number of terminal acetylenes is 1. The Kier molecular flexibility index (Phi) is 4.12. The third-order valence-electron chi connectivity index (χ3n) is 1.21. The van der Waals surface area contributed by atoms with Gasteiger partial charge in [0.05, 0.1) is 6.04 Å². The molecular formula is C8H13NO2. The van der Waals surface area contributed by atoms with Crippen LogP contribution in [-0.2, 0) is 0 Å². The minimum absolute atomic E-state index is 0.354. The maximum atomic E-state index is 10.1. The van der Waals surface area contributed by atoms with E-state index in [0.29, 0.717) is 12.3 Å². The lowest BCUT2D eigenvalue weighted by molar-refractivity contribution is 0.191. The van der Waals surface area contributed by atoms with Gasteiger partial charge >= 0.3 is 6.09 Å². The fraction of sp³-hybridized carbons (Fsp3) is 0.625. The molecule has 62 valence electrons. The van der Waals surface area contributed by atoms with Crippen molar-refractivity contribution in [2.24, 2.45) is 5.92 Å². The molecule has 3 heteroatoms. The van der Waals surface area contributed by atoms with Gasteiger partial charge in [0.1, 0.15) is 0 Å². The molecule has 0 fully saturated rings. The lowest BCUT2D eigenvalue weighted by Crippen LogP contribution is -2.33. The highest BCUT2D eigenvalue weighted by molar-refractivity contribution is 5.65. The Morgan fingerprint density at radius 3 is 2.55 bits per heavy atom. The topological polar surface area (TPSA) is 49.3 Å². The first-order valence-corrected chi connectivity index (χ1v) is 3.51. The van der Waals surface area contributed by atoms with Crippen LogP contribution in [0, 0.1) is 18.3 Å². The zero-order chi connectivity index (χ0) is 8.85. The number of nitrogens with one attached hydrogen (secondary N) is 1. The van der Waals surface area contributed by atoms with Crippen LogP contribution in [0.5, 0.6) is 0 Å². The van der Waals surface area contributed by atoms with E-state index in [0.717, 1.165) is 0 Å². The molecule has 0 aliphatic heterocycles. The molecule has 0 rings (SSSR count). The predicted molar refractivity (Wildman–Crippen MR) is 43.2 cm³/mol. The summed E-state index contributed by atoms with van der Waals surface area (Å²) in [5.41, 5.74) is 0. The van der Waals surface area contributed by atoms with Crippen LogP contribution in [0.2, 0.25) is 0 Å². The first kappa shape index (κ1) is 9.83. The number of hydrogen-bond acceptors (Lipinski definition) is 1. The fourth-order valence-corrected chi connectivity index (χ4v) is 0.789. The van der Waals surface area contributed by atoms with Gasteiger partial charge in [0.2, 0.25) is 0 Å². The summed E-state index contributed by atoms with van der Waals surface area (Å²) in [6.07, 6.45) is 4.72. The smallest absolute Gasteiger partial charge is 0.405 e. The molecule has 0 saturated carbocycles. The number of amides is 1. The molecule has 0 spiro atoms. The van der Waals surface area contributed by atoms with Crippen LogP contribution < -0.4 is 5.32 Å². The van der Waals surface area contributed by atoms with Crippen LogP contribution in [-0.4, -0.2) is 17.2 Å². The van der Waals surface area contributed by atoms with Crippen molar-refractivity contribution in [1.82, 2.24) is 5.32 Å². The number of rotatable bonds is 3. The third-order valence-corrected chi connectivity index (χ3v) is 1.21. The molecule has 0 aliphatic rings. The number of hydrogen-bond donors (Lipinski definition) is 2. The number of carbonyl (C=O) groups is 1. The lowest BCUT2D eigenvalue weighted by atomic mass is 10.0. The standard InChI is InChI=1S/C8H13NO2/c1-4-7(5-6(2)3)9-8(10)11/h1,6-7,9H,5H2,2-3H3,(H,10,11)/t7-/m0/s1. The first-order valence-electron chi connectivity index (χ1n) is 3.51. The van der Waals surface area contributed by atoms with Gasteiger partial charge in [-0.1, -0.05) is 19.8 Å². The number of carboxylic acid groups (broad SMARTS) is 1. The van der Waals surface area contributed by atoms with E-state index < -0.39 is 6.09 Å². The minimum Gasteiger partial charge on any atom is -0.465 e. The highest BCUT2D eigenvalue weighted by atomic mass is 16.4. The molecule has 0 saturated heterocycles. The molecule has 0 bridgehead atoms. The third kappa shape index (κ3) is 5.28. The monoisotopic (exact) mass is 155 g/mol. The van der Waals surface area contributed by atoms with Gasteiger partial charge in [-0.15, -0.1) is 6.42 Å². The van der Waals surface area contributed by atoms with E-state index in [1.165, 1.54) is 0 Å². The van der Waals surface area contributed by atoms with Gasteiger partial charge < -0.3 is 10.4 Å². The highest BCUT2D eigenvalue weighted by Crippen LogP contribution is 2.03. The van der Waals surface area contributed by atoms with Crippen LogP contribution in [0.25, 0.3) is 0 Å². The van der Waals surface area contributed by atoms with E-state index in [1.54, 1.807) is 0 Å². The van der Waals surface area contributed by atoms with Crippen LogP contribution in [0.1, 0.15) is 20.3 Å². The highest BCUT2D eigenvalue weighted by Gasteiger charge is 2.08. The summed E-state index contributed by atoms with van der Waals surface area (Å²) in [5, 5.41) is 10.6. The quantitative estimate of drug-likeness (QED) is 0.603. The Balaban J connectivity index is 3.79. The molecule has 3 nitrogen and oxygen atoms in total. The average Bonchev–Trinajstić information content (AvgIpc) is 1.84. The lowest BCUT2D eigenvalue weighted by Gasteiger charge is -2.11. The average molecular weight is 155 g/mol. The molecule has 0 aromatic carbocycles.